The molecular weight excluding hydrogens is 202 g/mol. The largest absolute Gasteiger partial charge is 0.379 e. The molecule has 1 aliphatic carbocycles. The Balaban J connectivity index is 2.01. The Labute approximate surface area is 97.0 Å². The van der Waals surface area contributed by atoms with Crippen LogP contribution in [0.2, 0.25) is 0 Å². The summed E-state index contributed by atoms with van der Waals surface area (Å²) in [6.07, 6.45) is 9.00. The molecule has 1 heterocycles. The number of ketones is 1. The molecule has 1 aliphatic heterocycles. The summed E-state index contributed by atoms with van der Waals surface area (Å²) in [4.78, 5) is 12.2. The number of rotatable bonds is 2. The van der Waals surface area contributed by atoms with Crippen molar-refractivity contribution in [2.75, 3.05) is 13.2 Å². The molecule has 0 saturated carbocycles. The molecule has 2 unspecified atom stereocenters. The van der Waals surface area contributed by atoms with Crippen molar-refractivity contribution in [2.45, 2.75) is 44.6 Å². The van der Waals surface area contributed by atoms with Gasteiger partial charge >= 0.3 is 0 Å². The molecule has 0 amide bonds. The van der Waals surface area contributed by atoms with Crippen molar-refractivity contribution in [1.29, 1.82) is 0 Å². The van der Waals surface area contributed by atoms with Crippen LogP contribution in [0.4, 0.5) is 0 Å². The van der Waals surface area contributed by atoms with E-state index < -0.39 is 0 Å². The SMILES string of the molecule is NC1COCC1C(=O)C1=CCCCCCC1. The van der Waals surface area contributed by atoms with Crippen LogP contribution in [0.3, 0.4) is 0 Å². The van der Waals surface area contributed by atoms with Gasteiger partial charge in [0.2, 0.25) is 0 Å². The van der Waals surface area contributed by atoms with Gasteiger partial charge < -0.3 is 10.5 Å². The van der Waals surface area contributed by atoms with Crippen molar-refractivity contribution in [2.24, 2.45) is 11.7 Å². The first-order chi connectivity index (χ1) is 7.79. The van der Waals surface area contributed by atoms with E-state index in [-0.39, 0.29) is 17.7 Å². The van der Waals surface area contributed by atoms with Gasteiger partial charge in [0, 0.05) is 6.04 Å². The summed E-state index contributed by atoms with van der Waals surface area (Å²) in [5.41, 5.74) is 6.89. The number of ether oxygens (including phenoxy) is 1. The van der Waals surface area contributed by atoms with Crippen molar-refractivity contribution >= 4 is 5.78 Å². The number of hydrogen-bond donors (Lipinski definition) is 1. The molecule has 2 atom stereocenters. The topological polar surface area (TPSA) is 52.3 Å². The molecule has 2 aliphatic rings. The smallest absolute Gasteiger partial charge is 0.165 e. The Hall–Kier alpha value is -0.670. The summed E-state index contributed by atoms with van der Waals surface area (Å²) >= 11 is 0. The average Bonchev–Trinajstić information content (AvgIpc) is 2.63. The summed E-state index contributed by atoms with van der Waals surface area (Å²) in [5, 5.41) is 0. The van der Waals surface area contributed by atoms with Crippen molar-refractivity contribution in [3.8, 4) is 0 Å². The van der Waals surface area contributed by atoms with Crippen molar-refractivity contribution in [3.05, 3.63) is 11.6 Å². The zero-order valence-corrected chi connectivity index (χ0v) is 9.78. The van der Waals surface area contributed by atoms with E-state index in [1.807, 2.05) is 0 Å². The number of carbonyl (C=O) groups is 1. The van der Waals surface area contributed by atoms with E-state index >= 15 is 0 Å². The van der Waals surface area contributed by atoms with Crippen LogP contribution in [0, 0.1) is 5.92 Å². The summed E-state index contributed by atoms with van der Waals surface area (Å²) in [6.45, 7) is 1.04. The molecule has 2 N–H and O–H groups in total. The number of hydrogen-bond acceptors (Lipinski definition) is 3. The lowest BCUT2D eigenvalue weighted by Crippen LogP contribution is -2.34. The molecule has 1 saturated heterocycles. The average molecular weight is 223 g/mol. The summed E-state index contributed by atoms with van der Waals surface area (Å²) in [6, 6.07) is -0.0983. The lowest BCUT2D eigenvalue weighted by atomic mass is 9.89. The summed E-state index contributed by atoms with van der Waals surface area (Å²) < 4.78 is 5.26. The highest BCUT2D eigenvalue weighted by Crippen LogP contribution is 2.23. The summed E-state index contributed by atoms with van der Waals surface area (Å²) in [7, 11) is 0. The minimum Gasteiger partial charge on any atom is -0.379 e. The molecule has 1 fully saturated rings. The highest BCUT2D eigenvalue weighted by molar-refractivity contribution is 5.97. The van der Waals surface area contributed by atoms with E-state index in [0.717, 1.165) is 24.8 Å². The first kappa shape index (κ1) is 11.8. The number of carbonyl (C=O) groups excluding carboxylic acids is 1. The van der Waals surface area contributed by atoms with Gasteiger partial charge in [0.1, 0.15) is 0 Å². The fourth-order valence-corrected chi connectivity index (χ4v) is 2.49. The predicted molar refractivity (Wildman–Crippen MR) is 63.1 cm³/mol. The number of Topliss-reactive ketones (excluding diaryl/α,β-unsaturated/α-hetero) is 1. The molecule has 3 nitrogen and oxygen atoms in total. The van der Waals surface area contributed by atoms with Crippen LogP contribution in [0.15, 0.2) is 11.6 Å². The van der Waals surface area contributed by atoms with E-state index in [1.165, 1.54) is 19.3 Å². The predicted octanol–water partition coefficient (Wildman–Crippen LogP) is 1.81. The normalized spacial score (nSPS) is 31.7. The van der Waals surface area contributed by atoms with Crippen molar-refractivity contribution in [1.82, 2.24) is 0 Å². The summed E-state index contributed by atoms with van der Waals surface area (Å²) in [5.74, 6) is 0.151. The van der Waals surface area contributed by atoms with E-state index in [0.29, 0.717) is 13.2 Å². The van der Waals surface area contributed by atoms with Crippen molar-refractivity contribution < 1.29 is 9.53 Å². The fourth-order valence-electron chi connectivity index (χ4n) is 2.49. The number of nitrogens with two attached hydrogens (primary N) is 1. The Kier molecular flexibility index (Phi) is 4.13. The second-order valence-corrected chi connectivity index (χ2v) is 4.85. The van der Waals surface area contributed by atoms with Gasteiger partial charge in [-0.25, -0.2) is 0 Å². The first-order valence-electron chi connectivity index (χ1n) is 6.35. The highest BCUT2D eigenvalue weighted by atomic mass is 16.5. The third kappa shape index (κ3) is 2.71. The molecular formula is C13H21NO2. The van der Waals surface area contributed by atoms with Crippen LogP contribution < -0.4 is 5.73 Å². The Morgan fingerprint density at radius 3 is 2.81 bits per heavy atom. The van der Waals surface area contributed by atoms with Gasteiger partial charge in [-0.2, -0.15) is 0 Å². The van der Waals surface area contributed by atoms with Gasteiger partial charge in [-0.3, -0.25) is 4.79 Å². The van der Waals surface area contributed by atoms with Gasteiger partial charge in [-0.1, -0.05) is 18.9 Å². The molecule has 0 spiro atoms. The maximum absolute atomic E-state index is 12.2. The minimum absolute atomic E-state index is 0.0920. The number of allylic oxidation sites excluding steroid dienone is 2. The molecule has 0 aromatic rings. The van der Waals surface area contributed by atoms with Crippen LogP contribution in [0.1, 0.15) is 38.5 Å². The molecule has 3 heteroatoms. The molecule has 16 heavy (non-hydrogen) atoms. The van der Waals surface area contributed by atoms with Gasteiger partial charge in [0.25, 0.3) is 0 Å². The third-order valence-electron chi connectivity index (χ3n) is 3.57. The van der Waals surface area contributed by atoms with Crippen LogP contribution in [-0.4, -0.2) is 25.0 Å². The van der Waals surface area contributed by atoms with E-state index in [4.69, 9.17) is 10.5 Å². The van der Waals surface area contributed by atoms with Gasteiger partial charge in [-0.05, 0) is 31.3 Å². The molecule has 0 aromatic carbocycles. The monoisotopic (exact) mass is 223 g/mol. The lowest BCUT2D eigenvalue weighted by molar-refractivity contribution is -0.119. The fraction of sp³-hybridized carbons (Fsp3) is 0.769. The second kappa shape index (κ2) is 5.60. The van der Waals surface area contributed by atoms with Crippen molar-refractivity contribution in [3.63, 3.8) is 0 Å². The van der Waals surface area contributed by atoms with Gasteiger partial charge in [0.15, 0.2) is 5.78 Å². The Bertz CT molecular complexity index is 286. The third-order valence-corrected chi connectivity index (χ3v) is 3.57. The van der Waals surface area contributed by atoms with E-state index in [9.17, 15) is 4.79 Å². The maximum Gasteiger partial charge on any atom is 0.165 e. The highest BCUT2D eigenvalue weighted by Gasteiger charge is 2.32. The van der Waals surface area contributed by atoms with Crippen LogP contribution in [0.25, 0.3) is 0 Å². The molecule has 0 bridgehead atoms. The Morgan fingerprint density at radius 1 is 1.25 bits per heavy atom. The van der Waals surface area contributed by atoms with Crippen LogP contribution >= 0.6 is 0 Å². The van der Waals surface area contributed by atoms with Gasteiger partial charge in [-0.15, -0.1) is 0 Å². The zero-order valence-electron chi connectivity index (χ0n) is 9.78. The van der Waals surface area contributed by atoms with E-state index in [2.05, 4.69) is 6.08 Å². The molecule has 0 radical (unpaired) electrons. The van der Waals surface area contributed by atoms with Crippen LogP contribution in [-0.2, 0) is 9.53 Å². The van der Waals surface area contributed by atoms with Crippen LogP contribution in [0.5, 0.6) is 0 Å². The van der Waals surface area contributed by atoms with Gasteiger partial charge in [0.05, 0.1) is 19.1 Å². The zero-order chi connectivity index (χ0) is 11.4. The molecule has 2 rings (SSSR count). The molecule has 90 valence electrons. The molecule has 0 aromatic heterocycles. The minimum atomic E-state index is -0.0983. The maximum atomic E-state index is 12.2. The first-order valence-corrected chi connectivity index (χ1v) is 6.35. The lowest BCUT2D eigenvalue weighted by Gasteiger charge is -2.16. The standard InChI is InChI=1S/C13H21NO2/c14-12-9-16-8-11(12)13(15)10-6-4-2-1-3-5-7-10/h6,11-12H,1-5,7-9,14H2. The Morgan fingerprint density at radius 2 is 2.06 bits per heavy atom. The second-order valence-electron chi connectivity index (χ2n) is 4.85. The van der Waals surface area contributed by atoms with E-state index in [1.54, 1.807) is 0 Å². The quantitative estimate of drug-likeness (QED) is 0.776.